The molecule has 1 aromatic heterocycles. The minimum Gasteiger partial charge on any atom is -0.324 e. The number of aryl methyl sites for hydroxylation is 1. The lowest BCUT2D eigenvalue weighted by molar-refractivity contribution is 0.599. The molecular weight excluding hydrogens is 398 g/mol. The van der Waals surface area contributed by atoms with Crippen molar-refractivity contribution in [2.75, 3.05) is 17.2 Å². The number of unbranched alkanes of at least 4 members (excludes halogenated alkanes) is 3. The Kier molecular flexibility index (Phi) is 8.89. The lowest BCUT2D eigenvalue weighted by atomic mass is 10.1. The lowest BCUT2D eigenvalue weighted by Crippen LogP contribution is -2.25. The van der Waals surface area contributed by atoms with Crippen molar-refractivity contribution in [3.63, 3.8) is 0 Å². The lowest BCUT2D eigenvalue weighted by Gasteiger charge is -2.28. The first-order valence-electron chi connectivity index (χ1n) is 12.0. The van der Waals surface area contributed by atoms with Crippen molar-refractivity contribution in [1.29, 1.82) is 0 Å². The highest BCUT2D eigenvalue weighted by atomic mass is 32.2. The molecular formula is C27H39N3S. The number of nitrogens with one attached hydrogen (secondary N) is 1. The van der Waals surface area contributed by atoms with E-state index in [0.717, 1.165) is 35.7 Å². The molecule has 0 aliphatic carbocycles. The zero-order chi connectivity index (χ0) is 22.1. The number of aromatic amines is 1. The van der Waals surface area contributed by atoms with Crippen LogP contribution in [0.1, 0.15) is 71.8 Å². The predicted molar refractivity (Wildman–Crippen MR) is 139 cm³/mol. The normalized spacial score (nSPS) is 11.9. The summed E-state index contributed by atoms with van der Waals surface area (Å²) in [6, 6.07) is 17.4. The average Bonchev–Trinajstić information content (AvgIpc) is 3.23. The number of para-hydroxylation sites is 1. The highest BCUT2D eigenvalue weighted by Crippen LogP contribution is 2.33. The zero-order valence-corrected chi connectivity index (χ0v) is 20.6. The van der Waals surface area contributed by atoms with Crippen LogP contribution in [0, 0.1) is 0 Å². The van der Waals surface area contributed by atoms with Gasteiger partial charge in [-0.3, -0.25) is 0 Å². The summed E-state index contributed by atoms with van der Waals surface area (Å²) in [4.78, 5) is 10.9. The quantitative estimate of drug-likeness (QED) is 0.274. The summed E-state index contributed by atoms with van der Waals surface area (Å²) in [6.07, 6.45) is 8.73. The van der Waals surface area contributed by atoms with Crippen LogP contribution in [0.5, 0.6) is 0 Å². The molecule has 4 heteroatoms. The molecule has 0 radical (unpaired) electrons. The molecule has 0 unspecified atom stereocenters. The molecule has 3 rings (SSSR count). The van der Waals surface area contributed by atoms with E-state index in [4.69, 9.17) is 4.98 Å². The number of benzene rings is 2. The first-order valence-corrected chi connectivity index (χ1v) is 13.0. The van der Waals surface area contributed by atoms with Gasteiger partial charge in [-0.15, -0.1) is 0 Å². The van der Waals surface area contributed by atoms with Crippen molar-refractivity contribution >= 4 is 34.4 Å². The molecule has 2 aromatic carbocycles. The van der Waals surface area contributed by atoms with Gasteiger partial charge in [-0.1, -0.05) is 71.2 Å². The maximum absolute atomic E-state index is 5.01. The van der Waals surface area contributed by atoms with E-state index in [9.17, 15) is 0 Å². The van der Waals surface area contributed by atoms with Gasteiger partial charge in [0.15, 0.2) is 0 Å². The third-order valence-corrected chi connectivity index (χ3v) is 8.10. The fourth-order valence-corrected chi connectivity index (χ4v) is 5.05. The molecule has 1 heterocycles. The number of hydrogen-bond acceptors (Lipinski definition) is 3. The Hall–Kier alpha value is -1.94. The van der Waals surface area contributed by atoms with Gasteiger partial charge in [-0.05, 0) is 55.5 Å². The van der Waals surface area contributed by atoms with Crippen LogP contribution in [-0.2, 0) is 6.42 Å². The van der Waals surface area contributed by atoms with Gasteiger partial charge in [0, 0.05) is 22.7 Å². The summed E-state index contributed by atoms with van der Waals surface area (Å²) in [6.45, 7) is 10.2. The topological polar surface area (TPSA) is 31.9 Å². The zero-order valence-electron chi connectivity index (χ0n) is 19.8. The van der Waals surface area contributed by atoms with Gasteiger partial charge in [0.2, 0.25) is 5.95 Å². The van der Waals surface area contributed by atoms with Crippen molar-refractivity contribution in [2.24, 2.45) is 0 Å². The summed E-state index contributed by atoms with van der Waals surface area (Å²) in [7, 11) is 0. The van der Waals surface area contributed by atoms with Gasteiger partial charge in [0.25, 0.3) is 0 Å². The number of fused-ring (bicyclic) bond motifs is 1. The summed E-state index contributed by atoms with van der Waals surface area (Å²) < 4.78 is 0.350. The second kappa shape index (κ2) is 11.6. The summed E-state index contributed by atoms with van der Waals surface area (Å²) >= 11 is 2.08. The molecule has 0 fully saturated rings. The second-order valence-electron chi connectivity index (χ2n) is 8.72. The van der Waals surface area contributed by atoms with Gasteiger partial charge in [0.1, 0.15) is 0 Å². The maximum atomic E-state index is 5.01. The molecule has 0 atom stereocenters. The molecule has 0 bridgehead atoms. The Balaban J connectivity index is 1.78. The Morgan fingerprint density at radius 2 is 1.74 bits per heavy atom. The van der Waals surface area contributed by atoms with Crippen LogP contribution in [0.15, 0.2) is 48.5 Å². The van der Waals surface area contributed by atoms with Gasteiger partial charge in [-0.25, -0.2) is 4.98 Å². The van der Waals surface area contributed by atoms with Gasteiger partial charge in [0.05, 0.1) is 11.0 Å². The molecule has 3 aromatic rings. The van der Waals surface area contributed by atoms with Crippen molar-refractivity contribution in [3.05, 3.63) is 54.1 Å². The van der Waals surface area contributed by atoms with Crippen LogP contribution in [0.3, 0.4) is 0 Å². The van der Waals surface area contributed by atoms with E-state index in [-0.39, 0.29) is 0 Å². The minimum atomic E-state index is 0.350. The molecule has 0 amide bonds. The highest BCUT2D eigenvalue weighted by molar-refractivity contribution is 8.00. The first kappa shape index (κ1) is 23.7. The largest absolute Gasteiger partial charge is 0.324 e. The van der Waals surface area contributed by atoms with Gasteiger partial charge in [-0.2, -0.15) is 11.8 Å². The number of H-pyrrole nitrogens is 1. The number of anilines is 2. The minimum absolute atomic E-state index is 0.350. The van der Waals surface area contributed by atoms with Crippen LogP contribution in [0.2, 0.25) is 0 Å². The molecule has 0 saturated carbocycles. The molecule has 0 aliphatic heterocycles. The van der Waals surface area contributed by atoms with Gasteiger partial charge < -0.3 is 9.88 Å². The molecule has 0 saturated heterocycles. The third-order valence-electron chi connectivity index (χ3n) is 6.44. The standard InChI is InChI=1S/C27H39N3S/c1-5-8-9-11-14-22-17-18-24-25(21-22)29-26(28-24)30(23-15-12-10-13-16-23)19-20-31-27(4,6-2)7-3/h10,12-13,15-18,21H,5-9,11,14,19-20H2,1-4H3,(H,28,29). The number of imidazole rings is 1. The predicted octanol–water partition coefficient (Wildman–Crippen LogP) is 8.14. The Morgan fingerprint density at radius 1 is 0.968 bits per heavy atom. The maximum Gasteiger partial charge on any atom is 0.208 e. The van der Waals surface area contributed by atoms with Crippen molar-refractivity contribution in [1.82, 2.24) is 9.97 Å². The van der Waals surface area contributed by atoms with Crippen LogP contribution in [-0.4, -0.2) is 27.0 Å². The molecule has 0 spiro atoms. The van der Waals surface area contributed by atoms with Gasteiger partial charge >= 0.3 is 0 Å². The van der Waals surface area contributed by atoms with Crippen molar-refractivity contribution < 1.29 is 0 Å². The monoisotopic (exact) mass is 437 g/mol. The van der Waals surface area contributed by atoms with Crippen LogP contribution < -0.4 is 4.90 Å². The van der Waals surface area contributed by atoms with E-state index in [1.807, 2.05) is 0 Å². The van der Waals surface area contributed by atoms with Crippen LogP contribution in [0.25, 0.3) is 11.0 Å². The number of rotatable bonds is 13. The third kappa shape index (κ3) is 6.52. The number of hydrogen-bond donors (Lipinski definition) is 1. The molecule has 168 valence electrons. The number of thioether (sulfide) groups is 1. The molecule has 1 N–H and O–H groups in total. The first-order chi connectivity index (χ1) is 15.1. The summed E-state index contributed by atoms with van der Waals surface area (Å²) in [5.74, 6) is 2.02. The SMILES string of the molecule is CCCCCCc1ccc2[nH]c(N(CCSC(C)(CC)CC)c3ccccc3)nc2c1. The van der Waals surface area contributed by atoms with E-state index < -0.39 is 0 Å². The van der Waals surface area contributed by atoms with Crippen LogP contribution >= 0.6 is 11.8 Å². The van der Waals surface area contributed by atoms with Crippen molar-refractivity contribution in [2.45, 2.75) is 77.4 Å². The Labute approximate surface area is 193 Å². The average molecular weight is 438 g/mol. The Bertz CT molecular complexity index is 915. The van der Waals surface area contributed by atoms with E-state index in [2.05, 4.69) is 97.9 Å². The molecule has 3 nitrogen and oxygen atoms in total. The molecule has 31 heavy (non-hydrogen) atoms. The van der Waals surface area contributed by atoms with E-state index in [1.54, 1.807) is 0 Å². The smallest absolute Gasteiger partial charge is 0.208 e. The van der Waals surface area contributed by atoms with Crippen molar-refractivity contribution in [3.8, 4) is 0 Å². The second-order valence-corrected chi connectivity index (χ2v) is 10.4. The fraction of sp³-hybridized carbons (Fsp3) is 0.519. The Morgan fingerprint density at radius 3 is 2.45 bits per heavy atom. The number of nitrogens with zero attached hydrogens (tertiary/aromatic N) is 2. The molecule has 0 aliphatic rings. The number of aromatic nitrogens is 2. The van der Waals surface area contributed by atoms with Crippen LogP contribution in [0.4, 0.5) is 11.6 Å². The van der Waals surface area contributed by atoms with E-state index in [0.29, 0.717) is 4.75 Å². The fourth-order valence-electron chi connectivity index (χ4n) is 3.88. The van der Waals surface area contributed by atoms with E-state index in [1.165, 1.54) is 49.8 Å². The summed E-state index contributed by atoms with van der Waals surface area (Å²) in [5.41, 5.74) is 4.78. The highest BCUT2D eigenvalue weighted by Gasteiger charge is 2.21. The van der Waals surface area contributed by atoms with E-state index >= 15 is 0 Å². The summed E-state index contributed by atoms with van der Waals surface area (Å²) in [5, 5.41) is 0.